The lowest BCUT2D eigenvalue weighted by atomic mass is 9.87. The Morgan fingerprint density at radius 1 is 1.26 bits per heavy atom. The summed E-state index contributed by atoms with van der Waals surface area (Å²) < 4.78 is 25.4. The zero-order valence-electron chi connectivity index (χ0n) is 16.7. The molecule has 0 unspecified atom stereocenters. The Hall–Kier alpha value is -3.76. The summed E-state index contributed by atoms with van der Waals surface area (Å²) in [5.74, 6) is -1.13. The molecule has 1 amide bonds. The molecule has 11 heteroatoms. The molecular formula is C20H21FN6O4. The van der Waals surface area contributed by atoms with Gasteiger partial charge in [-0.25, -0.2) is 13.9 Å². The lowest BCUT2D eigenvalue weighted by molar-refractivity contribution is -0.147. The lowest BCUT2D eigenvalue weighted by Gasteiger charge is -2.28. The molecular weight excluding hydrogens is 407 g/mol. The van der Waals surface area contributed by atoms with Crippen LogP contribution in [-0.4, -0.2) is 44.7 Å². The van der Waals surface area contributed by atoms with Crippen LogP contribution in [0.1, 0.15) is 36.0 Å². The minimum absolute atomic E-state index is 0.0217. The number of ether oxygens (including phenoxy) is 2. The van der Waals surface area contributed by atoms with E-state index in [0.29, 0.717) is 37.1 Å². The van der Waals surface area contributed by atoms with Crippen molar-refractivity contribution in [2.45, 2.75) is 31.8 Å². The molecule has 3 aromatic heterocycles. The van der Waals surface area contributed by atoms with E-state index in [1.54, 1.807) is 12.3 Å². The van der Waals surface area contributed by atoms with Crippen molar-refractivity contribution in [3.8, 4) is 5.75 Å². The fraction of sp³-hybridized carbons (Fsp3) is 0.350. The first-order valence-corrected chi connectivity index (χ1v) is 9.75. The maximum Gasteiger partial charge on any atom is 0.308 e. The summed E-state index contributed by atoms with van der Waals surface area (Å²) in [6.45, 7) is 0. The number of aromatic nitrogens is 4. The van der Waals surface area contributed by atoms with E-state index < -0.39 is 11.7 Å². The number of esters is 1. The molecule has 1 fully saturated rings. The van der Waals surface area contributed by atoms with E-state index >= 15 is 0 Å². The second kappa shape index (κ2) is 8.54. The van der Waals surface area contributed by atoms with E-state index in [0.717, 1.165) is 16.9 Å². The largest absolute Gasteiger partial charge is 0.488 e. The highest BCUT2D eigenvalue weighted by molar-refractivity contribution is 6.11. The van der Waals surface area contributed by atoms with Crippen molar-refractivity contribution in [2.24, 2.45) is 5.92 Å². The molecule has 0 atom stereocenters. The van der Waals surface area contributed by atoms with E-state index in [2.05, 4.69) is 20.4 Å². The van der Waals surface area contributed by atoms with E-state index in [-0.39, 0.29) is 35.0 Å². The van der Waals surface area contributed by atoms with Gasteiger partial charge in [0.25, 0.3) is 5.91 Å². The number of anilines is 2. The molecule has 0 radical (unpaired) electrons. The standard InChI is InChI=1S/C20H21FN6O4/c1-30-20(29)11-2-4-13(5-3-11)31-15-6-7-23-9-14(15)25-19(28)16-17(22)26-27-10-12(21)8-24-18(16)27/h6-11,13H,2-5H2,1H3,(H2,22,26)(H,25,28)/t11-,13-. The van der Waals surface area contributed by atoms with Crippen LogP contribution in [0.15, 0.2) is 30.9 Å². The highest BCUT2D eigenvalue weighted by Gasteiger charge is 2.28. The number of nitrogens with zero attached hydrogens (tertiary/aromatic N) is 4. The van der Waals surface area contributed by atoms with Crippen LogP contribution in [0.3, 0.4) is 0 Å². The van der Waals surface area contributed by atoms with Crippen LogP contribution in [0.4, 0.5) is 15.9 Å². The van der Waals surface area contributed by atoms with Crippen molar-refractivity contribution in [2.75, 3.05) is 18.2 Å². The Bertz CT molecular complexity index is 1130. The van der Waals surface area contributed by atoms with Gasteiger partial charge in [-0.3, -0.25) is 14.6 Å². The molecule has 0 bridgehead atoms. The third kappa shape index (κ3) is 4.25. The summed E-state index contributed by atoms with van der Waals surface area (Å²) in [5.41, 5.74) is 6.36. The average Bonchev–Trinajstić information content (AvgIpc) is 3.09. The monoisotopic (exact) mass is 428 g/mol. The van der Waals surface area contributed by atoms with Gasteiger partial charge in [-0.15, -0.1) is 5.10 Å². The summed E-state index contributed by atoms with van der Waals surface area (Å²) in [5, 5.41) is 6.65. The average molecular weight is 428 g/mol. The van der Waals surface area contributed by atoms with Gasteiger partial charge in [0.15, 0.2) is 17.3 Å². The van der Waals surface area contributed by atoms with Crippen LogP contribution in [-0.2, 0) is 9.53 Å². The number of hydrogen-bond donors (Lipinski definition) is 2. The van der Waals surface area contributed by atoms with E-state index in [1.165, 1.54) is 13.3 Å². The number of hydrogen-bond acceptors (Lipinski definition) is 8. The van der Waals surface area contributed by atoms with Gasteiger partial charge in [-0.1, -0.05) is 0 Å². The van der Waals surface area contributed by atoms with Gasteiger partial charge in [0.2, 0.25) is 0 Å². The third-order valence-electron chi connectivity index (χ3n) is 5.23. The zero-order chi connectivity index (χ0) is 22.0. The van der Waals surface area contributed by atoms with E-state index in [9.17, 15) is 14.0 Å². The number of carbonyl (C=O) groups excluding carboxylic acids is 2. The van der Waals surface area contributed by atoms with E-state index in [4.69, 9.17) is 15.2 Å². The predicted octanol–water partition coefficient (Wildman–Crippen LogP) is 2.21. The minimum Gasteiger partial charge on any atom is -0.488 e. The number of amides is 1. The van der Waals surface area contributed by atoms with Crippen molar-refractivity contribution in [3.63, 3.8) is 0 Å². The van der Waals surface area contributed by atoms with Gasteiger partial charge in [0, 0.05) is 12.3 Å². The molecule has 31 heavy (non-hydrogen) atoms. The van der Waals surface area contributed by atoms with Crippen LogP contribution in [0.2, 0.25) is 0 Å². The Labute approximate surface area is 176 Å². The van der Waals surface area contributed by atoms with Crippen molar-refractivity contribution >= 4 is 29.0 Å². The van der Waals surface area contributed by atoms with Crippen LogP contribution < -0.4 is 15.8 Å². The van der Waals surface area contributed by atoms with Gasteiger partial charge in [0.05, 0.1) is 37.7 Å². The molecule has 162 valence electrons. The topological polar surface area (TPSA) is 134 Å². The molecule has 4 rings (SSSR count). The van der Waals surface area contributed by atoms with Gasteiger partial charge in [0.1, 0.15) is 17.0 Å². The van der Waals surface area contributed by atoms with Crippen molar-refractivity contribution < 1.29 is 23.5 Å². The van der Waals surface area contributed by atoms with Gasteiger partial charge < -0.3 is 20.5 Å². The number of pyridine rings is 1. The van der Waals surface area contributed by atoms with Gasteiger partial charge >= 0.3 is 5.97 Å². The minimum atomic E-state index is -0.605. The Kier molecular flexibility index (Phi) is 5.65. The number of nitrogen functional groups attached to an aromatic ring is 1. The van der Waals surface area contributed by atoms with E-state index in [1.807, 2.05) is 0 Å². The molecule has 1 aliphatic carbocycles. The molecule has 1 aliphatic rings. The number of nitrogens with one attached hydrogen (secondary N) is 1. The smallest absolute Gasteiger partial charge is 0.308 e. The molecule has 0 aromatic carbocycles. The normalized spacial score (nSPS) is 18.5. The van der Waals surface area contributed by atoms with Crippen LogP contribution in [0.5, 0.6) is 5.75 Å². The third-order valence-corrected chi connectivity index (χ3v) is 5.23. The zero-order valence-corrected chi connectivity index (χ0v) is 16.7. The molecule has 1 saturated carbocycles. The molecule has 3 N–H and O–H groups in total. The summed E-state index contributed by atoms with van der Waals surface area (Å²) in [4.78, 5) is 32.5. The maximum atomic E-state index is 13.4. The Morgan fingerprint density at radius 2 is 2.03 bits per heavy atom. The highest BCUT2D eigenvalue weighted by atomic mass is 19.1. The Balaban J connectivity index is 1.49. The molecule has 0 saturated heterocycles. The fourth-order valence-corrected chi connectivity index (χ4v) is 3.67. The number of nitrogens with two attached hydrogens (primary N) is 1. The first kappa shape index (κ1) is 20.5. The van der Waals surface area contributed by atoms with Crippen molar-refractivity contribution in [1.29, 1.82) is 0 Å². The Morgan fingerprint density at radius 3 is 2.77 bits per heavy atom. The van der Waals surface area contributed by atoms with Gasteiger partial charge in [-0.2, -0.15) is 0 Å². The SMILES string of the molecule is COC(=O)[C@H]1CC[C@H](Oc2ccncc2NC(=O)c2c(N)nn3cc(F)cnc23)CC1. The summed E-state index contributed by atoms with van der Waals surface area (Å²) in [6, 6.07) is 1.65. The number of carbonyl (C=O) groups is 2. The highest BCUT2D eigenvalue weighted by Crippen LogP contribution is 2.32. The predicted molar refractivity (Wildman–Crippen MR) is 108 cm³/mol. The van der Waals surface area contributed by atoms with Crippen LogP contribution in [0.25, 0.3) is 5.65 Å². The second-order valence-corrected chi connectivity index (χ2v) is 7.24. The first-order chi connectivity index (χ1) is 15.0. The number of rotatable bonds is 5. The quantitative estimate of drug-likeness (QED) is 0.591. The molecule has 10 nitrogen and oxygen atoms in total. The summed E-state index contributed by atoms with van der Waals surface area (Å²) >= 11 is 0. The summed E-state index contributed by atoms with van der Waals surface area (Å²) in [6.07, 6.45) is 7.69. The number of halogens is 1. The maximum absolute atomic E-state index is 13.4. The number of methoxy groups -OCH3 is 1. The fourth-order valence-electron chi connectivity index (χ4n) is 3.67. The molecule has 0 aliphatic heterocycles. The number of fused-ring (bicyclic) bond motifs is 1. The van der Waals surface area contributed by atoms with Gasteiger partial charge in [-0.05, 0) is 25.7 Å². The summed E-state index contributed by atoms with van der Waals surface area (Å²) in [7, 11) is 1.39. The van der Waals surface area contributed by atoms with Crippen molar-refractivity contribution in [1.82, 2.24) is 19.6 Å². The molecule has 3 heterocycles. The molecule has 3 aromatic rings. The second-order valence-electron chi connectivity index (χ2n) is 7.24. The lowest BCUT2D eigenvalue weighted by Crippen LogP contribution is -2.29. The van der Waals surface area contributed by atoms with Crippen LogP contribution in [0, 0.1) is 11.7 Å². The molecule has 0 spiro atoms. The van der Waals surface area contributed by atoms with Crippen molar-refractivity contribution in [3.05, 3.63) is 42.2 Å². The first-order valence-electron chi connectivity index (χ1n) is 9.75. The van der Waals surface area contributed by atoms with Crippen LogP contribution >= 0.6 is 0 Å².